The van der Waals surface area contributed by atoms with Crippen LogP contribution in [-0.4, -0.2) is 0 Å². The van der Waals surface area contributed by atoms with Crippen LogP contribution in [0.25, 0.3) is 55.3 Å². The van der Waals surface area contributed by atoms with Crippen LogP contribution in [-0.2, 0) is 0 Å². The molecule has 0 saturated heterocycles. The van der Waals surface area contributed by atoms with Gasteiger partial charge in [-0.05, 0) is 80.0 Å². The molecule has 0 aliphatic rings. The van der Waals surface area contributed by atoms with Crippen molar-refractivity contribution in [1.29, 1.82) is 0 Å². The number of fused-ring (bicyclic) bond motifs is 1. The third kappa shape index (κ3) is 5.74. The Hall–Kier alpha value is -5.42. The van der Waals surface area contributed by atoms with Crippen LogP contribution in [0.3, 0.4) is 0 Å². The molecular formula is C44H26S3. The van der Waals surface area contributed by atoms with Gasteiger partial charge in [-0.25, -0.2) is 0 Å². The molecule has 0 unspecified atom stereocenters. The summed E-state index contributed by atoms with van der Waals surface area (Å²) in [6.07, 6.45) is 0. The largest absolute Gasteiger partial charge is 0.135 e. The first-order valence-corrected chi connectivity index (χ1v) is 17.9. The lowest BCUT2D eigenvalue weighted by Crippen LogP contribution is -1.97. The Morgan fingerprint density at radius 3 is 0.979 bits per heavy atom. The van der Waals surface area contributed by atoms with Gasteiger partial charge < -0.3 is 0 Å². The van der Waals surface area contributed by atoms with E-state index >= 15 is 0 Å². The maximum Gasteiger partial charge on any atom is 0.0871 e. The van der Waals surface area contributed by atoms with Crippen molar-refractivity contribution in [3.05, 3.63) is 176 Å². The number of hydrogen-bond donors (Lipinski definition) is 0. The molecule has 0 aliphatic carbocycles. The van der Waals surface area contributed by atoms with E-state index in [4.69, 9.17) is 0 Å². The van der Waals surface area contributed by atoms with Gasteiger partial charge in [-0.15, -0.1) is 34.0 Å². The number of hydrogen-bond acceptors (Lipinski definition) is 3. The predicted molar refractivity (Wildman–Crippen MR) is 204 cm³/mol. The molecular weight excluding hydrogens is 625 g/mol. The average Bonchev–Trinajstić information content (AvgIpc) is 3.93. The maximum atomic E-state index is 3.64. The van der Waals surface area contributed by atoms with Gasteiger partial charge in [0.25, 0.3) is 0 Å². The summed E-state index contributed by atoms with van der Waals surface area (Å²) in [6, 6.07) is 51.5. The molecule has 0 amide bonds. The van der Waals surface area contributed by atoms with Crippen molar-refractivity contribution >= 4 is 44.8 Å². The summed E-state index contributed by atoms with van der Waals surface area (Å²) in [5.41, 5.74) is 9.40. The van der Waals surface area contributed by atoms with Crippen LogP contribution in [0.15, 0.2) is 156 Å². The van der Waals surface area contributed by atoms with E-state index in [1.807, 2.05) is 0 Å². The quantitative estimate of drug-likeness (QED) is 0.166. The molecule has 5 aromatic carbocycles. The fraction of sp³-hybridized carbons (Fsp3) is 0. The molecule has 220 valence electrons. The normalized spacial score (nSPS) is 10.6. The van der Waals surface area contributed by atoms with Gasteiger partial charge in [0.1, 0.15) is 0 Å². The summed E-state index contributed by atoms with van der Waals surface area (Å²) in [7, 11) is 0. The Balaban J connectivity index is 1.64. The highest BCUT2D eigenvalue weighted by atomic mass is 32.1. The second-order valence-corrected chi connectivity index (χ2v) is 13.8. The number of benzene rings is 5. The van der Waals surface area contributed by atoms with Crippen molar-refractivity contribution in [2.75, 3.05) is 0 Å². The van der Waals surface area contributed by atoms with Gasteiger partial charge in [0.2, 0.25) is 0 Å². The Morgan fingerprint density at radius 1 is 0.319 bits per heavy atom. The lowest BCUT2D eigenvalue weighted by atomic mass is 9.79. The van der Waals surface area contributed by atoms with E-state index in [1.54, 1.807) is 34.0 Å². The summed E-state index contributed by atoms with van der Waals surface area (Å²) >= 11 is 5.04. The Kier molecular flexibility index (Phi) is 8.11. The predicted octanol–water partition coefficient (Wildman–Crippen LogP) is 12.5. The van der Waals surface area contributed by atoms with E-state index in [2.05, 4.69) is 180 Å². The number of thiophene rings is 3. The van der Waals surface area contributed by atoms with Crippen LogP contribution < -0.4 is 0 Å². The van der Waals surface area contributed by atoms with E-state index in [0.29, 0.717) is 0 Å². The minimum Gasteiger partial charge on any atom is -0.135 e. The summed E-state index contributed by atoms with van der Waals surface area (Å²) in [6.45, 7) is 0. The molecule has 0 saturated carbocycles. The van der Waals surface area contributed by atoms with Crippen molar-refractivity contribution in [2.45, 2.75) is 0 Å². The van der Waals surface area contributed by atoms with Gasteiger partial charge in [-0.3, -0.25) is 0 Å². The van der Waals surface area contributed by atoms with Gasteiger partial charge in [-0.2, -0.15) is 0 Å². The van der Waals surface area contributed by atoms with Crippen LogP contribution in [0.4, 0.5) is 0 Å². The lowest BCUT2D eigenvalue weighted by molar-refractivity contribution is 1.57. The molecule has 0 atom stereocenters. The van der Waals surface area contributed by atoms with E-state index < -0.39 is 0 Å². The van der Waals surface area contributed by atoms with Crippen LogP contribution in [0.5, 0.6) is 0 Å². The van der Waals surface area contributed by atoms with Crippen LogP contribution in [0.2, 0.25) is 0 Å². The fourth-order valence-electron chi connectivity index (χ4n) is 6.09. The molecule has 0 radical (unpaired) electrons. The summed E-state index contributed by atoms with van der Waals surface area (Å²) in [5, 5.41) is 6.46. The van der Waals surface area contributed by atoms with Crippen LogP contribution >= 0.6 is 34.0 Å². The van der Waals surface area contributed by atoms with E-state index in [1.165, 1.54) is 33.4 Å². The smallest absolute Gasteiger partial charge is 0.0871 e. The van der Waals surface area contributed by atoms with Crippen molar-refractivity contribution < 1.29 is 0 Å². The summed E-state index contributed by atoms with van der Waals surface area (Å²) in [5.74, 6) is 14.3. The van der Waals surface area contributed by atoms with Crippen molar-refractivity contribution in [1.82, 2.24) is 0 Å². The third-order valence-corrected chi connectivity index (χ3v) is 10.6. The van der Waals surface area contributed by atoms with Gasteiger partial charge in [0.15, 0.2) is 0 Å². The summed E-state index contributed by atoms with van der Waals surface area (Å²) < 4.78 is 0. The molecule has 3 heteroatoms. The van der Waals surface area contributed by atoms with Crippen molar-refractivity contribution in [3.63, 3.8) is 0 Å². The van der Waals surface area contributed by atoms with Crippen LogP contribution in [0, 0.1) is 23.7 Å². The molecule has 0 spiro atoms. The molecule has 0 nitrogen and oxygen atoms in total. The number of rotatable bonds is 4. The zero-order chi connectivity index (χ0) is 31.4. The van der Waals surface area contributed by atoms with Gasteiger partial charge in [-0.1, -0.05) is 133 Å². The van der Waals surface area contributed by atoms with Crippen molar-refractivity contribution in [2.24, 2.45) is 0 Å². The minimum atomic E-state index is 1.02. The Bertz CT molecular complexity index is 2240. The first kappa shape index (κ1) is 29.0. The van der Waals surface area contributed by atoms with Gasteiger partial charge >= 0.3 is 0 Å². The molecule has 3 aromatic heterocycles. The van der Waals surface area contributed by atoms with E-state index in [9.17, 15) is 0 Å². The minimum absolute atomic E-state index is 1.02. The molecule has 8 rings (SSSR count). The van der Waals surface area contributed by atoms with Crippen LogP contribution in [0.1, 0.15) is 19.5 Å². The molecule has 8 aromatic rings. The molecule has 0 aliphatic heterocycles. The highest BCUT2D eigenvalue weighted by Crippen LogP contribution is 2.54. The molecule has 0 N–H and O–H groups in total. The maximum absolute atomic E-state index is 3.64. The molecule has 47 heavy (non-hydrogen) atoms. The molecule has 0 bridgehead atoms. The van der Waals surface area contributed by atoms with Crippen molar-refractivity contribution in [3.8, 4) is 68.2 Å². The SMILES string of the molecule is C(#Cc1sc(C#Cc2cccs2)c2c(-c3ccccc3)c(-c3ccccc3)c(-c3ccccc3)c(-c3ccccc3)c12)c1cccs1. The second kappa shape index (κ2) is 13.1. The average molecular weight is 651 g/mol. The van der Waals surface area contributed by atoms with Gasteiger partial charge in [0, 0.05) is 21.9 Å². The van der Waals surface area contributed by atoms with Gasteiger partial charge in [0.05, 0.1) is 19.5 Å². The second-order valence-electron chi connectivity index (χ2n) is 10.9. The zero-order valence-corrected chi connectivity index (χ0v) is 27.7. The Labute approximate surface area is 287 Å². The highest BCUT2D eigenvalue weighted by molar-refractivity contribution is 7.15. The molecule has 3 heterocycles. The zero-order valence-electron chi connectivity index (χ0n) is 25.2. The summed E-state index contributed by atoms with van der Waals surface area (Å²) in [4.78, 5) is 4.14. The van der Waals surface area contributed by atoms with E-state index in [-0.39, 0.29) is 0 Å². The standard InChI is InChI=1S/C44H26S3/c1-5-15-31(16-6-1)39-40(32-17-7-2-8-18-32)42(34-21-11-4-12-22-34)44-38(28-26-36-24-14-30-46-36)47-37(27-25-35-23-13-29-45-35)43(44)41(39)33-19-9-3-10-20-33/h1-24,29-30H. The fourth-order valence-corrected chi connectivity index (χ4v) is 8.26. The first-order valence-electron chi connectivity index (χ1n) is 15.3. The van der Waals surface area contributed by atoms with E-state index in [0.717, 1.165) is 41.4 Å². The topological polar surface area (TPSA) is 0 Å². The highest BCUT2D eigenvalue weighted by Gasteiger charge is 2.28. The first-order chi connectivity index (χ1) is 23.3. The Morgan fingerprint density at radius 2 is 0.660 bits per heavy atom. The third-order valence-electron chi connectivity index (χ3n) is 8.05. The lowest BCUT2D eigenvalue weighted by Gasteiger charge is -2.23. The molecule has 0 fully saturated rings. The monoisotopic (exact) mass is 650 g/mol.